The van der Waals surface area contributed by atoms with Crippen molar-refractivity contribution in [3.05, 3.63) is 53.6 Å². The first-order valence-corrected chi connectivity index (χ1v) is 8.96. The predicted molar refractivity (Wildman–Crippen MR) is 101 cm³/mol. The van der Waals surface area contributed by atoms with Gasteiger partial charge in [-0.15, -0.1) is 0 Å². The molecule has 2 aromatic heterocycles. The molecule has 1 aliphatic rings. The van der Waals surface area contributed by atoms with Crippen molar-refractivity contribution >= 4 is 11.6 Å². The van der Waals surface area contributed by atoms with Gasteiger partial charge in [0.15, 0.2) is 5.82 Å². The maximum Gasteiger partial charge on any atom is 0.227 e. The molecule has 4 rings (SSSR count). The molecule has 138 valence electrons. The zero-order chi connectivity index (χ0) is 19.0. The second kappa shape index (κ2) is 6.83. The van der Waals surface area contributed by atoms with Crippen LogP contribution in [0.4, 0.5) is 5.69 Å². The fourth-order valence-electron chi connectivity index (χ4n) is 2.86. The number of ether oxygens (including phenoxy) is 1. The van der Waals surface area contributed by atoms with E-state index in [1.165, 1.54) is 0 Å². The Balaban J connectivity index is 1.52. The number of nitrogens with zero attached hydrogens (tertiary/aromatic N) is 4. The lowest BCUT2D eigenvalue weighted by atomic mass is 10.3. The van der Waals surface area contributed by atoms with Crippen molar-refractivity contribution in [1.29, 1.82) is 0 Å². The number of hydrogen-bond donors (Lipinski definition) is 1. The SMILES string of the molecule is Cc1cc(C)n(-c2cc(Oc3ccc(NC(=O)C4CC4)cc3)nc(C)n2)n1. The van der Waals surface area contributed by atoms with Gasteiger partial charge in [-0.1, -0.05) is 0 Å². The molecular weight excluding hydrogens is 342 g/mol. The van der Waals surface area contributed by atoms with Gasteiger partial charge in [-0.3, -0.25) is 4.79 Å². The lowest BCUT2D eigenvalue weighted by Crippen LogP contribution is -2.12. The molecule has 7 heteroatoms. The molecule has 0 atom stereocenters. The molecule has 7 nitrogen and oxygen atoms in total. The Morgan fingerprint density at radius 2 is 1.85 bits per heavy atom. The highest BCUT2D eigenvalue weighted by molar-refractivity contribution is 5.94. The van der Waals surface area contributed by atoms with Crippen LogP contribution in [-0.4, -0.2) is 25.7 Å². The number of carbonyl (C=O) groups excluding carboxylic acids is 1. The van der Waals surface area contributed by atoms with E-state index in [1.54, 1.807) is 10.7 Å². The molecule has 0 aliphatic heterocycles. The summed E-state index contributed by atoms with van der Waals surface area (Å²) >= 11 is 0. The number of aryl methyl sites for hydroxylation is 3. The van der Waals surface area contributed by atoms with Gasteiger partial charge in [0.2, 0.25) is 11.8 Å². The molecule has 1 amide bonds. The summed E-state index contributed by atoms with van der Waals surface area (Å²) < 4.78 is 7.65. The number of carbonyl (C=O) groups is 1. The van der Waals surface area contributed by atoms with Crippen LogP contribution in [0, 0.1) is 26.7 Å². The Morgan fingerprint density at radius 1 is 1.11 bits per heavy atom. The van der Waals surface area contributed by atoms with Gasteiger partial charge < -0.3 is 10.1 Å². The first-order valence-electron chi connectivity index (χ1n) is 8.96. The van der Waals surface area contributed by atoms with E-state index in [0.29, 0.717) is 23.3 Å². The monoisotopic (exact) mass is 363 g/mol. The third-order valence-corrected chi connectivity index (χ3v) is 4.32. The highest BCUT2D eigenvalue weighted by Gasteiger charge is 2.29. The van der Waals surface area contributed by atoms with Crippen molar-refractivity contribution in [3.8, 4) is 17.4 Å². The summed E-state index contributed by atoms with van der Waals surface area (Å²) in [6.07, 6.45) is 1.97. The molecule has 0 spiro atoms. The summed E-state index contributed by atoms with van der Waals surface area (Å²) in [6, 6.07) is 11.0. The second-order valence-corrected chi connectivity index (χ2v) is 6.84. The average Bonchev–Trinajstić information content (AvgIpc) is 3.41. The molecular formula is C20H21N5O2. The minimum absolute atomic E-state index is 0.0876. The summed E-state index contributed by atoms with van der Waals surface area (Å²) in [4.78, 5) is 20.6. The van der Waals surface area contributed by atoms with Crippen LogP contribution in [0.2, 0.25) is 0 Å². The molecule has 1 saturated carbocycles. The molecule has 3 aromatic rings. The van der Waals surface area contributed by atoms with Crippen molar-refractivity contribution in [1.82, 2.24) is 19.7 Å². The molecule has 0 unspecified atom stereocenters. The van der Waals surface area contributed by atoms with Crippen molar-refractivity contribution in [2.75, 3.05) is 5.32 Å². The third kappa shape index (κ3) is 3.97. The largest absolute Gasteiger partial charge is 0.439 e. The Morgan fingerprint density at radius 3 is 2.48 bits per heavy atom. The summed E-state index contributed by atoms with van der Waals surface area (Å²) in [5, 5.41) is 7.37. The summed E-state index contributed by atoms with van der Waals surface area (Å²) in [7, 11) is 0. The molecule has 0 bridgehead atoms. The van der Waals surface area contributed by atoms with Crippen molar-refractivity contribution in [2.24, 2.45) is 5.92 Å². The number of anilines is 1. The Labute approximate surface area is 157 Å². The molecule has 1 N–H and O–H groups in total. The number of benzene rings is 1. The quantitative estimate of drug-likeness (QED) is 0.747. The minimum Gasteiger partial charge on any atom is -0.439 e. The van der Waals surface area contributed by atoms with Crippen molar-refractivity contribution in [2.45, 2.75) is 33.6 Å². The van der Waals surface area contributed by atoms with Gasteiger partial charge in [0.05, 0.1) is 5.69 Å². The standard InChI is InChI=1S/C20H21N5O2/c1-12-10-13(2)25(24-12)18-11-19(22-14(3)21-18)27-17-8-6-16(7-9-17)23-20(26)15-4-5-15/h6-11,15H,4-5H2,1-3H3,(H,23,26). The van der Waals surface area contributed by atoms with Crippen LogP contribution >= 0.6 is 0 Å². The van der Waals surface area contributed by atoms with Gasteiger partial charge in [-0.2, -0.15) is 10.1 Å². The highest BCUT2D eigenvalue weighted by Crippen LogP contribution is 2.30. The van der Waals surface area contributed by atoms with E-state index in [4.69, 9.17) is 4.74 Å². The highest BCUT2D eigenvalue weighted by atomic mass is 16.5. The van der Waals surface area contributed by atoms with Crippen LogP contribution in [0.25, 0.3) is 5.82 Å². The average molecular weight is 363 g/mol. The van der Waals surface area contributed by atoms with E-state index in [9.17, 15) is 4.79 Å². The first-order chi connectivity index (χ1) is 13.0. The zero-order valence-corrected chi connectivity index (χ0v) is 15.6. The van der Waals surface area contributed by atoms with E-state index < -0.39 is 0 Å². The number of hydrogen-bond acceptors (Lipinski definition) is 5. The number of rotatable bonds is 5. The van der Waals surface area contributed by atoms with Gasteiger partial charge in [-0.05, 0) is 63.9 Å². The molecule has 1 aliphatic carbocycles. The van der Waals surface area contributed by atoms with Crippen LogP contribution in [0.1, 0.15) is 30.1 Å². The zero-order valence-electron chi connectivity index (χ0n) is 15.6. The van der Waals surface area contributed by atoms with E-state index in [0.717, 1.165) is 29.9 Å². The number of nitrogens with one attached hydrogen (secondary N) is 1. The van der Waals surface area contributed by atoms with Gasteiger partial charge in [0.25, 0.3) is 0 Å². The summed E-state index contributed by atoms with van der Waals surface area (Å²) in [6.45, 7) is 5.74. The van der Waals surface area contributed by atoms with Crippen LogP contribution in [-0.2, 0) is 4.79 Å². The minimum atomic E-state index is 0.0876. The van der Waals surface area contributed by atoms with Gasteiger partial charge in [0.1, 0.15) is 11.6 Å². The lowest BCUT2D eigenvalue weighted by Gasteiger charge is -2.10. The lowest BCUT2D eigenvalue weighted by molar-refractivity contribution is -0.117. The summed E-state index contributed by atoms with van der Waals surface area (Å²) in [5.74, 6) is 2.61. The number of amides is 1. The maximum absolute atomic E-state index is 11.8. The van der Waals surface area contributed by atoms with E-state index in [1.807, 2.05) is 51.1 Å². The maximum atomic E-state index is 11.8. The molecule has 2 heterocycles. The fourth-order valence-corrected chi connectivity index (χ4v) is 2.86. The van der Waals surface area contributed by atoms with E-state index in [-0.39, 0.29) is 11.8 Å². The number of aromatic nitrogens is 4. The molecule has 0 saturated heterocycles. The van der Waals surface area contributed by atoms with E-state index >= 15 is 0 Å². The molecule has 1 aromatic carbocycles. The molecule has 27 heavy (non-hydrogen) atoms. The second-order valence-electron chi connectivity index (χ2n) is 6.84. The normalized spacial score (nSPS) is 13.4. The molecule has 1 fully saturated rings. The third-order valence-electron chi connectivity index (χ3n) is 4.32. The smallest absolute Gasteiger partial charge is 0.227 e. The van der Waals surface area contributed by atoms with Gasteiger partial charge in [0, 0.05) is 23.4 Å². The molecule has 0 radical (unpaired) electrons. The van der Waals surface area contributed by atoms with E-state index in [2.05, 4.69) is 20.4 Å². The van der Waals surface area contributed by atoms with Gasteiger partial charge in [-0.25, -0.2) is 9.67 Å². The topological polar surface area (TPSA) is 81.9 Å². The Kier molecular flexibility index (Phi) is 4.35. The summed E-state index contributed by atoms with van der Waals surface area (Å²) in [5.41, 5.74) is 2.68. The van der Waals surface area contributed by atoms with Crippen LogP contribution < -0.4 is 10.1 Å². The van der Waals surface area contributed by atoms with Crippen LogP contribution in [0.3, 0.4) is 0 Å². The fraction of sp³-hybridized carbons (Fsp3) is 0.300. The van der Waals surface area contributed by atoms with Crippen molar-refractivity contribution in [3.63, 3.8) is 0 Å². The van der Waals surface area contributed by atoms with Gasteiger partial charge >= 0.3 is 0 Å². The first kappa shape index (κ1) is 17.2. The Hall–Kier alpha value is -3.22. The van der Waals surface area contributed by atoms with Crippen LogP contribution in [0.5, 0.6) is 11.6 Å². The Bertz CT molecular complexity index is 990. The van der Waals surface area contributed by atoms with Crippen molar-refractivity contribution < 1.29 is 9.53 Å². The predicted octanol–water partition coefficient (Wildman–Crippen LogP) is 3.73. The van der Waals surface area contributed by atoms with Crippen LogP contribution in [0.15, 0.2) is 36.4 Å².